The van der Waals surface area contributed by atoms with Gasteiger partial charge in [-0.15, -0.1) is 0 Å². The average molecular weight is 669 g/mol. The lowest BCUT2D eigenvalue weighted by molar-refractivity contribution is -0.137. The Morgan fingerprint density at radius 3 is 2.49 bits per heavy atom. The van der Waals surface area contributed by atoms with Gasteiger partial charge in [0.05, 0.1) is 33.4 Å². The lowest BCUT2D eigenvalue weighted by atomic mass is 10.1. The molecule has 1 heterocycles. The molecule has 5 rings (SSSR count). The molecular weight excluding hydrogens is 646 g/mol. The topological polar surface area (TPSA) is 65.7 Å². The first kappa shape index (κ1) is 28.3. The van der Waals surface area contributed by atoms with Crippen molar-refractivity contribution in [2.45, 2.75) is 19.7 Å². The second-order valence-electron chi connectivity index (χ2n) is 9.20. The van der Waals surface area contributed by atoms with Crippen LogP contribution in [0.2, 0.25) is 0 Å². The zero-order valence-corrected chi connectivity index (χ0v) is 24.1. The van der Waals surface area contributed by atoms with E-state index in [9.17, 15) is 18.0 Å². The third-order valence-corrected chi connectivity index (χ3v) is 7.08. The Bertz CT molecular complexity index is 1820. The van der Waals surface area contributed by atoms with Gasteiger partial charge in [0.15, 0.2) is 17.3 Å². The number of halogens is 4. The van der Waals surface area contributed by atoms with Crippen LogP contribution in [0.25, 0.3) is 22.3 Å². The summed E-state index contributed by atoms with van der Waals surface area (Å²) in [5.41, 5.74) is 1.83. The Balaban J connectivity index is 1.54. The summed E-state index contributed by atoms with van der Waals surface area (Å²) in [7, 11) is 1.52. The largest absolute Gasteiger partial charge is 0.493 e. The maximum Gasteiger partial charge on any atom is 0.416 e. The Hall–Kier alpha value is -4.19. The molecule has 6 nitrogen and oxygen atoms in total. The van der Waals surface area contributed by atoms with Crippen molar-refractivity contribution in [1.29, 1.82) is 0 Å². The van der Waals surface area contributed by atoms with Gasteiger partial charge in [0.2, 0.25) is 0 Å². The van der Waals surface area contributed by atoms with Gasteiger partial charge in [0.1, 0.15) is 6.61 Å². The van der Waals surface area contributed by atoms with E-state index in [4.69, 9.17) is 9.47 Å². The number of rotatable bonds is 7. The molecule has 5 aromatic rings. The highest BCUT2D eigenvalue weighted by Crippen LogP contribution is 2.35. The summed E-state index contributed by atoms with van der Waals surface area (Å²) in [4.78, 5) is 18.0. The molecule has 0 fully saturated rings. The maximum atomic E-state index is 13.5. The van der Waals surface area contributed by atoms with Crippen LogP contribution in [0.4, 0.5) is 13.2 Å². The molecule has 0 spiro atoms. The number of methoxy groups -OCH3 is 1. The second kappa shape index (κ2) is 11.7. The first-order valence-electron chi connectivity index (χ1n) is 12.4. The average Bonchev–Trinajstić information content (AvgIpc) is 2.96. The number of benzene rings is 4. The lowest BCUT2D eigenvalue weighted by Crippen LogP contribution is -2.20. The van der Waals surface area contributed by atoms with Gasteiger partial charge < -0.3 is 9.47 Å². The van der Waals surface area contributed by atoms with E-state index in [-0.39, 0.29) is 16.8 Å². The molecule has 1 aromatic heterocycles. The van der Waals surface area contributed by atoms with Gasteiger partial charge in [-0.05, 0) is 77.0 Å². The summed E-state index contributed by atoms with van der Waals surface area (Å²) < 4.78 is 53.7. The molecule has 0 bridgehead atoms. The number of aromatic nitrogens is 2. The molecule has 0 saturated carbocycles. The summed E-state index contributed by atoms with van der Waals surface area (Å²) >= 11 is 2.13. The Labute approximate surface area is 247 Å². The highest BCUT2D eigenvalue weighted by atomic mass is 127. The number of nitrogens with zero attached hydrogens (tertiary/aromatic N) is 3. The quantitative estimate of drug-likeness (QED) is 0.133. The molecule has 0 radical (unpaired) electrons. The minimum atomic E-state index is -4.56. The smallest absolute Gasteiger partial charge is 0.416 e. The second-order valence-corrected chi connectivity index (χ2v) is 10.4. The van der Waals surface area contributed by atoms with E-state index in [1.54, 1.807) is 36.4 Å². The van der Waals surface area contributed by atoms with Crippen molar-refractivity contribution in [2.24, 2.45) is 5.10 Å². The van der Waals surface area contributed by atoms with Gasteiger partial charge in [-0.2, -0.15) is 22.9 Å². The van der Waals surface area contributed by atoms with Gasteiger partial charge in [-0.25, -0.2) is 4.98 Å². The minimum absolute atomic E-state index is 0.0178. The first-order valence-corrected chi connectivity index (χ1v) is 13.5. The summed E-state index contributed by atoms with van der Waals surface area (Å²) in [5, 5.41) is 4.66. The van der Waals surface area contributed by atoms with Crippen LogP contribution in [0.5, 0.6) is 11.5 Å². The molecule has 0 unspecified atom stereocenters. The molecule has 0 amide bonds. The number of hydrogen-bond donors (Lipinski definition) is 0. The van der Waals surface area contributed by atoms with Gasteiger partial charge in [0, 0.05) is 5.56 Å². The van der Waals surface area contributed by atoms with Gasteiger partial charge in [-0.3, -0.25) is 4.79 Å². The summed E-state index contributed by atoms with van der Waals surface area (Å²) in [6.45, 7) is 2.36. The van der Waals surface area contributed by atoms with Crippen molar-refractivity contribution in [3.8, 4) is 22.9 Å². The lowest BCUT2D eigenvalue weighted by Gasteiger charge is -2.14. The monoisotopic (exact) mass is 669 g/mol. The number of fused-ring (bicyclic) bond motifs is 1. The van der Waals surface area contributed by atoms with E-state index in [1.165, 1.54) is 25.5 Å². The zero-order valence-electron chi connectivity index (χ0n) is 21.9. The van der Waals surface area contributed by atoms with Crippen LogP contribution in [-0.4, -0.2) is 23.0 Å². The molecule has 4 aromatic carbocycles. The van der Waals surface area contributed by atoms with Crippen LogP contribution in [0.3, 0.4) is 0 Å². The van der Waals surface area contributed by atoms with E-state index in [2.05, 4.69) is 32.7 Å². The third-order valence-electron chi connectivity index (χ3n) is 6.28. The van der Waals surface area contributed by atoms with Crippen LogP contribution < -0.4 is 15.0 Å². The van der Waals surface area contributed by atoms with Crippen molar-refractivity contribution in [2.75, 3.05) is 7.11 Å². The zero-order chi connectivity index (χ0) is 29.1. The highest BCUT2D eigenvalue weighted by molar-refractivity contribution is 14.1. The summed E-state index contributed by atoms with van der Waals surface area (Å²) in [6, 6.07) is 22.8. The van der Waals surface area contributed by atoms with Gasteiger partial charge in [-0.1, -0.05) is 54.1 Å². The van der Waals surface area contributed by atoms with E-state index >= 15 is 0 Å². The van der Waals surface area contributed by atoms with Crippen LogP contribution in [0.1, 0.15) is 22.3 Å². The summed E-state index contributed by atoms with van der Waals surface area (Å²) in [6.07, 6.45) is -3.12. The van der Waals surface area contributed by atoms with Gasteiger partial charge >= 0.3 is 6.18 Å². The maximum absolute atomic E-state index is 13.5. The number of ether oxygens (including phenoxy) is 2. The van der Waals surface area contributed by atoms with Crippen molar-refractivity contribution >= 4 is 39.7 Å². The number of hydrogen-bond acceptors (Lipinski definition) is 5. The van der Waals surface area contributed by atoms with Crippen molar-refractivity contribution in [1.82, 2.24) is 9.66 Å². The Morgan fingerprint density at radius 2 is 1.76 bits per heavy atom. The molecule has 0 saturated heterocycles. The van der Waals surface area contributed by atoms with Crippen molar-refractivity contribution in [3.63, 3.8) is 0 Å². The normalized spacial score (nSPS) is 11.8. The number of alkyl halides is 3. The highest BCUT2D eigenvalue weighted by Gasteiger charge is 2.31. The number of para-hydroxylation sites is 1. The molecule has 41 heavy (non-hydrogen) atoms. The SMILES string of the molecule is COc1cc(C=Nn2c(-c3cccc(C(F)(F)F)c3)nc3ccccc3c2=O)cc(I)c1OCc1ccc(C)cc1. The predicted molar refractivity (Wildman–Crippen MR) is 161 cm³/mol. The fourth-order valence-corrected chi connectivity index (χ4v) is 4.95. The fourth-order valence-electron chi connectivity index (χ4n) is 4.17. The molecule has 10 heteroatoms. The molecule has 208 valence electrons. The Morgan fingerprint density at radius 1 is 1.00 bits per heavy atom. The van der Waals surface area contributed by atoms with E-state index in [0.29, 0.717) is 29.2 Å². The van der Waals surface area contributed by atoms with Crippen LogP contribution in [-0.2, 0) is 12.8 Å². The first-order chi connectivity index (χ1) is 19.6. The molecule has 0 atom stereocenters. The van der Waals surface area contributed by atoms with Crippen molar-refractivity contribution in [3.05, 3.63) is 121 Å². The van der Waals surface area contributed by atoms with E-state index < -0.39 is 17.3 Å². The minimum Gasteiger partial charge on any atom is -0.493 e. The molecule has 0 N–H and O–H groups in total. The van der Waals surface area contributed by atoms with Crippen LogP contribution >= 0.6 is 22.6 Å². The molecule has 0 aliphatic heterocycles. The fraction of sp³-hybridized carbons (Fsp3) is 0.129. The predicted octanol–water partition coefficient (Wildman–Crippen LogP) is 7.47. The van der Waals surface area contributed by atoms with Gasteiger partial charge in [0.25, 0.3) is 5.56 Å². The Kier molecular flexibility index (Phi) is 8.11. The van der Waals surface area contributed by atoms with E-state index in [1.807, 2.05) is 31.2 Å². The molecule has 0 aliphatic carbocycles. The molecular formula is C31H23F3IN3O3. The van der Waals surface area contributed by atoms with Crippen LogP contribution in [0.15, 0.2) is 94.8 Å². The third kappa shape index (κ3) is 6.27. The van der Waals surface area contributed by atoms with Crippen molar-refractivity contribution < 1.29 is 22.6 Å². The summed E-state index contributed by atoms with van der Waals surface area (Å²) in [5.74, 6) is 1.00. The molecule has 0 aliphatic rings. The van der Waals surface area contributed by atoms with Crippen LogP contribution in [0, 0.1) is 10.5 Å². The van der Waals surface area contributed by atoms with E-state index in [0.717, 1.165) is 31.5 Å². The number of aryl methyl sites for hydroxylation is 1. The standard InChI is InChI=1S/C31H23F3IN3O3/c1-19-10-12-20(13-11-19)18-41-28-25(35)14-21(15-27(28)40-2)17-36-38-29(22-6-5-7-23(16-22)31(32,33)34)37-26-9-4-3-8-24(26)30(38)39/h3-17H,18H2,1-2H3.